The molecule has 39 nitrogen and oxygen atoms in total. The van der Waals surface area contributed by atoms with Crippen LogP contribution in [0, 0.1) is 24.0 Å². The number of aromatic hydroxyl groups is 3. The highest BCUT2D eigenvalue weighted by Crippen LogP contribution is 2.53. The van der Waals surface area contributed by atoms with Gasteiger partial charge in [0.1, 0.15) is 132 Å². The summed E-state index contributed by atoms with van der Waals surface area (Å²) in [5.41, 5.74) is -3.54. The molecule has 0 saturated carbocycles. The van der Waals surface area contributed by atoms with E-state index in [0.29, 0.717) is 0 Å². The molecule has 35 atom stereocenters. The molecule has 0 amide bonds. The number of benzene rings is 2. The highest BCUT2D eigenvalue weighted by Gasteiger charge is 2.70. The van der Waals surface area contributed by atoms with Crippen molar-refractivity contribution in [2.75, 3.05) is 62.2 Å². The lowest BCUT2D eigenvalue weighted by atomic mass is 9.85. The number of hydrogen-bond acceptors (Lipinski definition) is 38. The van der Waals surface area contributed by atoms with Crippen molar-refractivity contribution in [2.24, 2.45) is 0 Å². The van der Waals surface area contributed by atoms with Gasteiger partial charge in [0.15, 0.2) is 73.7 Å². The fourth-order valence-corrected chi connectivity index (χ4v) is 17.5. The number of esters is 2. The molecule has 11 aliphatic heterocycles. The molecule has 0 bridgehead atoms. The number of aliphatic hydroxyl groups excluding tert-OH is 5. The van der Waals surface area contributed by atoms with Crippen LogP contribution < -0.4 is 4.74 Å². The van der Waals surface area contributed by atoms with Crippen molar-refractivity contribution in [1.29, 1.82) is 0 Å². The van der Waals surface area contributed by atoms with Crippen molar-refractivity contribution in [1.82, 2.24) is 0 Å². The van der Waals surface area contributed by atoms with E-state index in [9.17, 15) is 60.6 Å². The molecule has 0 aliphatic carbocycles. The van der Waals surface area contributed by atoms with Crippen LogP contribution in [0.2, 0.25) is 10.0 Å². The van der Waals surface area contributed by atoms with Gasteiger partial charge in [-0.2, -0.15) is 0 Å². The smallest absolute Gasteiger partial charge is 0.342 e. The minimum atomic E-state index is -2.06. The Kier molecular flexibility index (Phi) is 25.1. The predicted molar refractivity (Wildman–Crippen MR) is 363 cm³/mol. The zero-order valence-corrected chi connectivity index (χ0v) is 64.5. The number of carbonyl (C=O) groups excluding carboxylic acids is 2. The third-order valence-corrected chi connectivity index (χ3v) is 23.3. The van der Waals surface area contributed by atoms with Crippen LogP contribution in [-0.2, 0) is 118 Å². The Hall–Kier alpha value is -4.56. The Morgan fingerprint density at radius 1 is 0.613 bits per heavy atom. The number of nitrogens with zero attached hydrogens (tertiary/aromatic N) is 1. The van der Waals surface area contributed by atoms with Crippen LogP contribution in [-0.4, -0.2) is 333 Å². The van der Waals surface area contributed by atoms with Gasteiger partial charge in [0.25, 0.3) is 11.5 Å². The summed E-state index contributed by atoms with van der Waals surface area (Å²) in [4.78, 5) is 39.8. The molecule has 111 heavy (non-hydrogen) atoms. The minimum absolute atomic E-state index is 0.0700. The molecule has 13 rings (SSSR count). The molecule has 2 aromatic rings. The van der Waals surface area contributed by atoms with Gasteiger partial charge in [0, 0.05) is 52.8 Å². The Bertz CT molecular complexity index is 3630. The molecule has 0 radical (unpaired) electrons. The van der Waals surface area contributed by atoms with Crippen molar-refractivity contribution in [3.05, 3.63) is 54.5 Å². The molecular weight excluding hydrogens is 1530 g/mol. The van der Waals surface area contributed by atoms with Crippen LogP contribution in [0.1, 0.15) is 99.6 Å². The second-order valence-corrected chi connectivity index (χ2v) is 30.6. The van der Waals surface area contributed by atoms with Gasteiger partial charge in [-0.3, -0.25) is 10.1 Å². The number of phenolic OH excluding ortho intramolecular Hbond substituents is 3. The van der Waals surface area contributed by atoms with E-state index in [1.165, 1.54) is 69.3 Å². The van der Waals surface area contributed by atoms with E-state index in [0.717, 1.165) is 6.07 Å². The molecule has 11 fully saturated rings. The predicted octanol–water partition coefficient (Wildman–Crippen LogP) is 1.26. The summed E-state index contributed by atoms with van der Waals surface area (Å²) in [7, 11) is 6.53. The molecule has 11 saturated heterocycles. The molecule has 11 aliphatic rings. The summed E-state index contributed by atoms with van der Waals surface area (Å²) in [6.07, 6.45) is -40.9. The summed E-state index contributed by atoms with van der Waals surface area (Å²) in [6, 6.07) is 2.28. The molecule has 624 valence electrons. The van der Waals surface area contributed by atoms with Gasteiger partial charge in [0.05, 0.1) is 81.4 Å². The van der Waals surface area contributed by atoms with E-state index in [1.54, 1.807) is 34.6 Å². The first-order chi connectivity index (χ1) is 52.6. The first-order valence-corrected chi connectivity index (χ1v) is 37.1. The lowest BCUT2D eigenvalue weighted by molar-refractivity contribution is -0.595. The maximum Gasteiger partial charge on any atom is 0.342 e. The number of aliphatic hydroxyl groups is 5. The highest BCUT2D eigenvalue weighted by atomic mass is 35.5. The quantitative estimate of drug-likeness (QED) is 0.0495. The second-order valence-electron chi connectivity index (χ2n) is 29.9. The molecule has 0 unspecified atom stereocenters. The average molecular weight is 1630 g/mol. The first kappa shape index (κ1) is 84.4. The number of nitro groups is 1. The topological polar surface area (TPSA) is 479 Å². The highest BCUT2D eigenvalue weighted by molar-refractivity contribution is 6.39. The van der Waals surface area contributed by atoms with Crippen molar-refractivity contribution >= 4 is 35.1 Å². The largest absolute Gasteiger partial charge is 0.508 e. The number of halogens is 2. The number of hydrogen-bond donors (Lipinski definition) is 8. The molecule has 2 spiro atoms. The first-order valence-electron chi connectivity index (χ1n) is 36.3. The Morgan fingerprint density at radius 3 is 1.98 bits per heavy atom. The maximum atomic E-state index is 14.3. The van der Waals surface area contributed by atoms with Gasteiger partial charge in [-0.25, -0.2) is 9.59 Å². The summed E-state index contributed by atoms with van der Waals surface area (Å²) in [6.45, 7) is 12.7. The standard InChI is InChI=1S/C70H97Cl2NO38/c1-24-15-31(74)16-32(75)40(24)61(82)100-36-22-94-70(60-53(36)92-23-93-60)108-37-21-91-63(46(79)52(37)109-70)106-65-56(89-13)45(78)51(35(101-65)20-86-10)104-64-47(80)55(50(87-11)27(4)97-64)105-66-57(81)68(9)59(30(7)98-66)110-69(111-68)18-33(76)48(28(5)107-69)102-38-17-34(99-39-19-67(8,73(84)85)58(90-14)29(6)96-39)49(26(3)95-38)103-62(83)41-25(2)42(71)44(77)43(72)54(41)88-12/h15-16,26-30,33-39,45-53,55-60,63-66,74-81H,17-23H2,1-14H3/t26-,27-,28-,29+,30-,33-,34-,35-,36+,37-,38+,39+,45-,46-,47-,48-,49-,50+,51+,52-,53-,55-,56-,57-,58+,59-,60-,63+,64+,65-,66+,67+,68-,69-,70-/m1/s1. The Labute approximate surface area is 645 Å². The van der Waals surface area contributed by atoms with Crippen LogP contribution in [0.3, 0.4) is 0 Å². The zero-order chi connectivity index (χ0) is 80.2. The van der Waals surface area contributed by atoms with Gasteiger partial charge in [-0.05, 0) is 72.6 Å². The van der Waals surface area contributed by atoms with Crippen LogP contribution in [0.15, 0.2) is 12.1 Å². The fourth-order valence-electron chi connectivity index (χ4n) is 17.0. The number of methoxy groups -OCH3 is 5. The molecule has 41 heteroatoms. The second kappa shape index (κ2) is 33.1. The van der Waals surface area contributed by atoms with E-state index in [2.05, 4.69) is 0 Å². The number of ether oxygens (including phenoxy) is 26. The number of fused-ring (bicyclic) bond motifs is 4. The summed E-state index contributed by atoms with van der Waals surface area (Å²) in [5, 5.41) is 104. The average Bonchev–Trinajstić information content (AvgIpc) is 1.58. The number of aryl methyl sites for hydroxylation is 1. The van der Waals surface area contributed by atoms with Gasteiger partial charge in [-0.15, -0.1) is 0 Å². The summed E-state index contributed by atoms with van der Waals surface area (Å²) in [5.74, 6) is -7.54. The number of rotatable bonds is 21. The number of carbonyl (C=O) groups is 2. The van der Waals surface area contributed by atoms with Crippen LogP contribution in [0.5, 0.6) is 23.0 Å². The maximum absolute atomic E-state index is 14.3. The van der Waals surface area contributed by atoms with Crippen molar-refractivity contribution < 1.29 is 179 Å². The normalized spacial score (nSPS) is 45.6. The third-order valence-electron chi connectivity index (χ3n) is 22.5. The lowest BCUT2D eigenvalue weighted by Gasteiger charge is -2.50. The van der Waals surface area contributed by atoms with Gasteiger partial charge in [-0.1, -0.05) is 23.2 Å². The third kappa shape index (κ3) is 15.5. The summed E-state index contributed by atoms with van der Waals surface area (Å²) < 4.78 is 160. The molecule has 0 aromatic heterocycles. The van der Waals surface area contributed by atoms with E-state index < -0.39 is 248 Å². The minimum Gasteiger partial charge on any atom is -0.508 e. The zero-order valence-electron chi connectivity index (χ0n) is 63.0. The van der Waals surface area contributed by atoms with E-state index in [-0.39, 0.29) is 83.3 Å². The number of phenols is 3. The van der Waals surface area contributed by atoms with E-state index in [1.807, 2.05) is 0 Å². The fraction of sp³-hybridized carbons (Fsp3) is 0.800. The summed E-state index contributed by atoms with van der Waals surface area (Å²) >= 11 is 12.8. The molecule has 8 N–H and O–H groups in total. The van der Waals surface area contributed by atoms with Crippen LogP contribution in [0.4, 0.5) is 0 Å². The van der Waals surface area contributed by atoms with Gasteiger partial charge in [0.2, 0.25) is 0 Å². The molecule has 11 heterocycles. The SMILES string of the molecule is COC[C@H]1O[C@H](O[C@@H]2OC[C@H]3O[C@@]4(OC[C@H](OC(=O)c5c(C)cc(O)cc5O)[C@H]5OCO[C@H]54)O[C@H]3[C@H]2O)[C@H](OC)[C@H](O)[C@H]1O[C@@H]1O[C@H](C)[C@H](OC)[C@H](O[C@@H]2O[C@H](C)[C@H]3O[C@]4(C[C@@H](O)[C@H](O[C@H]5C[C@@H](O[C@H]6C[C@](C)([N+](=O)[O-])[C@@H](OC)[C@H](C)O6)[C@H](OC(=O)c6c(C)c(Cl)c(O)c(Cl)c6OC)[C@@H](C)O5)[C@@H](C)O4)O[C@]3(C)[C@@H]2O)[C@H]1O. The van der Waals surface area contributed by atoms with Crippen molar-refractivity contribution in [3.63, 3.8) is 0 Å². The lowest BCUT2D eigenvalue weighted by Crippen LogP contribution is -2.68. The monoisotopic (exact) mass is 1630 g/mol. The van der Waals surface area contributed by atoms with Crippen LogP contribution >= 0.6 is 23.2 Å². The van der Waals surface area contributed by atoms with Gasteiger partial charge < -0.3 is 164 Å². The Balaban J connectivity index is 0.644. The van der Waals surface area contributed by atoms with Crippen molar-refractivity contribution in [2.45, 2.75) is 295 Å². The van der Waals surface area contributed by atoms with Gasteiger partial charge >= 0.3 is 17.9 Å². The Morgan fingerprint density at radius 2 is 1.31 bits per heavy atom. The van der Waals surface area contributed by atoms with Crippen molar-refractivity contribution in [3.8, 4) is 23.0 Å². The van der Waals surface area contributed by atoms with E-state index >= 15 is 0 Å². The molecule has 2 aromatic carbocycles. The van der Waals surface area contributed by atoms with Crippen LogP contribution in [0.25, 0.3) is 0 Å². The molecular formula is C70H97Cl2NO38. The van der Waals surface area contributed by atoms with E-state index in [4.69, 9.17) is 146 Å².